The van der Waals surface area contributed by atoms with Gasteiger partial charge in [0.1, 0.15) is 0 Å². The average molecular weight is 272 g/mol. The number of aromatic nitrogens is 3. The van der Waals surface area contributed by atoms with Crippen molar-refractivity contribution in [3.8, 4) is 0 Å². The van der Waals surface area contributed by atoms with Gasteiger partial charge in [0.2, 0.25) is 17.2 Å². The van der Waals surface area contributed by atoms with Crippen molar-refractivity contribution in [2.45, 2.75) is 13.8 Å². The van der Waals surface area contributed by atoms with Crippen molar-refractivity contribution in [3.63, 3.8) is 0 Å². The van der Waals surface area contributed by atoms with Gasteiger partial charge in [0.25, 0.3) is 0 Å². The summed E-state index contributed by atoms with van der Waals surface area (Å²) in [6, 6.07) is 0. The molecule has 0 bridgehead atoms. The number of hydrogen-bond donors (Lipinski definition) is 1. The molecule has 100 valence electrons. The van der Waals surface area contributed by atoms with Crippen molar-refractivity contribution < 1.29 is 4.74 Å². The molecule has 1 saturated heterocycles. The highest BCUT2D eigenvalue weighted by atomic mass is 35.5. The lowest BCUT2D eigenvalue weighted by Gasteiger charge is -2.26. The second-order valence-electron chi connectivity index (χ2n) is 4.60. The van der Waals surface area contributed by atoms with E-state index in [0.29, 0.717) is 31.0 Å². The van der Waals surface area contributed by atoms with Crippen LogP contribution < -0.4 is 10.2 Å². The number of nitrogens with one attached hydrogen (secondary N) is 1. The van der Waals surface area contributed by atoms with Crippen LogP contribution in [0.2, 0.25) is 5.28 Å². The van der Waals surface area contributed by atoms with E-state index in [1.807, 2.05) is 0 Å². The van der Waals surface area contributed by atoms with Crippen molar-refractivity contribution in [1.29, 1.82) is 0 Å². The minimum absolute atomic E-state index is 0.220. The van der Waals surface area contributed by atoms with Crippen molar-refractivity contribution in [2.24, 2.45) is 5.92 Å². The van der Waals surface area contributed by atoms with E-state index in [1.165, 1.54) is 0 Å². The third kappa shape index (κ3) is 3.68. The Kier molecular flexibility index (Phi) is 4.54. The summed E-state index contributed by atoms with van der Waals surface area (Å²) in [5.74, 6) is 1.67. The summed E-state index contributed by atoms with van der Waals surface area (Å²) < 4.78 is 5.30. The number of anilines is 2. The Balaban J connectivity index is 2.09. The lowest BCUT2D eigenvalue weighted by Crippen LogP contribution is -2.37. The first kappa shape index (κ1) is 13.3. The van der Waals surface area contributed by atoms with Crippen molar-refractivity contribution in [1.82, 2.24) is 15.0 Å². The third-order valence-electron chi connectivity index (χ3n) is 2.56. The van der Waals surface area contributed by atoms with E-state index in [9.17, 15) is 0 Å². The zero-order valence-corrected chi connectivity index (χ0v) is 11.4. The Morgan fingerprint density at radius 2 is 2.00 bits per heavy atom. The zero-order chi connectivity index (χ0) is 13.0. The summed E-state index contributed by atoms with van der Waals surface area (Å²) in [6.07, 6.45) is 0. The molecular weight excluding hydrogens is 254 g/mol. The molecule has 1 aromatic rings. The van der Waals surface area contributed by atoms with E-state index in [1.54, 1.807) is 0 Å². The highest BCUT2D eigenvalue weighted by Crippen LogP contribution is 2.15. The number of halogens is 1. The SMILES string of the molecule is CC(C)CNc1nc(Cl)nc(N2CCOCC2)n1. The first-order valence-electron chi connectivity index (χ1n) is 6.13. The maximum atomic E-state index is 5.92. The second-order valence-corrected chi connectivity index (χ2v) is 4.94. The highest BCUT2D eigenvalue weighted by molar-refractivity contribution is 6.28. The molecule has 0 spiro atoms. The predicted octanol–water partition coefficient (Wildman–Crippen LogP) is 1.43. The number of ether oxygens (including phenoxy) is 1. The average Bonchev–Trinajstić information content (AvgIpc) is 2.37. The smallest absolute Gasteiger partial charge is 0.231 e. The van der Waals surface area contributed by atoms with Gasteiger partial charge < -0.3 is 15.0 Å². The molecule has 0 unspecified atom stereocenters. The van der Waals surface area contributed by atoms with E-state index in [0.717, 1.165) is 19.6 Å². The van der Waals surface area contributed by atoms with Gasteiger partial charge in [0.15, 0.2) is 0 Å². The molecule has 1 aromatic heterocycles. The van der Waals surface area contributed by atoms with Gasteiger partial charge in [-0.25, -0.2) is 0 Å². The van der Waals surface area contributed by atoms with Gasteiger partial charge >= 0.3 is 0 Å². The summed E-state index contributed by atoms with van der Waals surface area (Å²) in [4.78, 5) is 14.7. The van der Waals surface area contributed by atoms with Crippen LogP contribution in [-0.2, 0) is 4.74 Å². The molecule has 2 heterocycles. The van der Waals surface area contributed by atoms with Crippen molar-refractivity contribution in [3.05, 3.63) is 5.28 Å². The van der Waals surface area contributed by atoms with Gasteiger partial charge in [-0.3, -0.25) is 0 Å². The number of rotatable bonds is 4. The van der Waals surface area contributed by atoms with Crippen LogP contribution >= 0.6 is 11.6 Å². The van der Waals surface area contributed by atoms with Crippen LogP contribution in [0.4, 0.5) is 11.9 Å². The molecular formula is C11H18ClN5O. The molecule has 18 heavy (non-hydrogen) atoms. The number of morpholine rings is 1. The molecule has 1 fully saturated rings. The van der Waals surface area contributed by atoms with E-state index >= 15 is 0 Å². The number of hydrogen-bond acceptors (Lipinski definition) is 6. The van der Waals surface area contributed by atoms with Crippen molar-refractivity contribution >= 4 is 23.5 Å². The van der Waals surface area contributed by atoms with Crippen LogP contribution in [0.25, 0.3) is 0 Å². The van der Waals surface area contributed by atoms with E-state index < -0.39 is 0 Å². The minimum Gasteiger partial charge on any atom is -0.378 e. The van der Waals surface area contributed by atoms with Crippen LogP contribution in [0.3, 0.4) is 0 Å². The Morgan fingerprint density at radius 3 is 2.67 bits per heavy atom. The zero-order valence-electron chi connectivity index (χ0n) is 10.7. The molecule has 0 radical (unpaired) electrons. The summed E-state index contributed by atoms with van der Waals surface area (Å²) in [7, 11) is 0. The molecule has 0 aliphatic carbocycles. The maximum Gasteiger partial charge on any atom is 0.231 e. The predicted molar refractivity (Wildman–Crippen MR) is 71.2 cm³/mol. The minimum atomic E-state index is 0.220. The molecule has 6 nitrogen and oxygen atoms in total. The largest absolute Gasteiger partial charge is 0.378 e. The fourth-order valence-electron chi connectivity index (χ4n) is 1.62. The molecule has 1 aliphatic heterocycles. The van der Waals surface area contributed by atoms with E-state index in [2.05, 4.69) is 39.0 Å². The number of nitrogens with zero attached hydrogens (tertiary/aromatic N) is 4. The molecule has 1 N–H and O–H groups in total. The Bertz CT molecular complexity index is 395. The van der Waals surface area contributed by atoms with Gasteiger partial charge in [-0.1, -0.05) is 13.8 Å². The van der Waals surface area contributed by atoms with Crippen molar-refractivity contribution in [2.75, 3.05) is 43.1 Å². The van der Waals surface area contributed by atoms with Crippen LogP contribution in [0, 0.1) is 5.92 Å². The highest BCUT2D eigenvalue weighted by Gasteiger charge is 2.15. The van der Waals surface area contributed by atoms with Gasteiger partial charge in [-0.2, -0.15) is 15.0 Å². The summed E-state index contributed by atoms with van der Waals surface area (Å²) in [5.41, 5.74) is 0. The standard InChI is InChI=1S/C11H18ClN5O/c1-8(2)7-13-10-14-9(12)15-11(16-10)17-3-5-18-6-4-17/h8H,3-7H2,1-2H3,(H,13,14,15,16). The Morgan fingerprint density at radius 1 is 1.28 bits per heavy atom. The lowest BCUT2D eigenvalue weighted by molar-refractivity contribution is 0.122. The molecule has 0 saturated carbocycles. The van der Waals surface area contributed by atoms with Crippen LogP contribution in [0.1, 0.15) is 13.8 Å². The van der Waals surface area contributed by atoms with E-state index in [-0.39, 0.29) is 5.28 Å². The molecule has 0 atom stereocenters. The molecule has 0 amide bonds. The van der Waals surface area contributed by atoms with Crippen LogP contribution in [0.15, 0.2) is 0 Å². The molecule has 0 aromatic carbocycles. The monoisotopic (exact) mass is 271 g/mol. The topological polar surface area (TPSA) is 63.2 Å². The maximum absolute atomic E-state index is 5.92. The first-order chi connectivity index (χ1) is 8.65. The third-order valence-corrected chi connectivity index (χ3v) is 2.73. The van der Waals surface area contributed by atoms with Crippen LogP contribution in [-0.4, -0.2) is 47.8 Å². The second kappa shape index (κ2) is 6.15. The fourth-order valence-corrected chi connectivity index (χ4v) is 1.77. The normalized spacial score (nSPS) is 16.1. The molecule has 1 aliphatic rings. The fraction of sp³-hybridized carbons (Fsp3) is 0.727. The van der Waals surface area contributed by atoms with Gasteiger partial charge in [0.05, 0.1) is 13.2 Å². The summed E-state index contributed by atoms with van der Waals surface area (Å²) in [5, 5.41) is 3.38. The Labute approximate surface area is 112 Å². The van der Waals surface area contributed by atoms with Gasteiger partial charge in [-0.05, 0) is 17.5 Å². The Hall–Kier alpha value is -1.14. The van der Waals surface area contributed by atoms with Gasteiger partial charge in [0, 0.05) is 19.6 Å². The molecule has 2 rings (SSSR count). The van der Waals surface area contributed by atoms with Crippen LogP contribution in [0.5, 0.6) is 0 Å². The summed E-state index contributed by atoms with van der Waals surface area (Å²) in [6.45, 7) is 8.00. The first-order valence-corrected chi connectivity index (χ1v) is 6.51. The summed E-state index contributed by atoms with van der Waals surface area (Å²) >= 11 is 5.92. The van der Waals surface area contributed by atoms with Gasteiger partial charge in [-0.15, -0.1) is 0 Å². The lowest BCUT2D eigenvalue weighted by atomic mass is 10.2. The van der Waals surface area contributed by atoms with E-state index in [4.69, 9.17) is 16.3 Å². The molecule has 7 heteroatoms. The quantitative estimate of drug-likeness (QED) is 0.894.